The van der Waals surface area contributed by atoms with E-state index in [1.165, 1.54) is 191 Å². The zero-order valence-electron chi connectivity index (χ0n) is 42.5. The Bertz CT molecular complexity index is 3410. The molecule has 0 spiro atoms. The molecule has 274 valence electrons. The molecule has 0 aliphatic rings. The second-order valence-electron chi connectivity index (χ2n) is 19.9. The van der Waals surface area contributed by atoms with Crippen molar-refractivity contribution in [3.8, 4) is 33.4 Å². The monoisotopic (exact) mass is 773 g/mol. The maximum atomic E-state index is 7.29. The van der Waals surface area contributed by atoms with Crippen LogP contribution in [0.4, 0.5) is 0 Å². The summed E-state index contributed by atoms with van der Waals surface area (Å²) >= 11 is 0. The van der Waals surface area contributed by atoms with Gasteiger partial charge in [-0.2, -0.15) is 0 Å². The van der Waals surface area contributed by atoms with Crippen molar-refractivity contribution in [2.45, 2.75) is 0 Å². The number of hydrogen-bond acceptors (Lipinski definition) is 1. The Morgan fingerprint density at radius 2 is 0.516 bits per heavy atom. The van der Waals surface area contributed by atoms with E-state index in [1.54, 1.807) is 0 Å². The van der Waals surface area contributed by atoms with Gasteiger partial charge in [-0.1, -0.05) is 88.0 Å². The van der Waals surface area contributed by atoms with Crippen LogP contribution in [0, 0.1) is 0 Å². The smallest absolute Gasteiger partial charge is 0.143 e. The molecule has 62 heavy (non-hydrogen) atoms. The van der Waals surface area contributed by atoms with E-state index in [-0.39, 0.29) is 0 Å². The third kappa shape index (κ3) is 5.81. The highest BCUT2D eigenvalue weighted by atomic mass is 16.3. The van der Waals surface area contributed by atoms with Crippen LogP contribution in [0.5, 0.6) is 0 Å². The Balaban J connectivity index is 1.69. The van der Waals surface area contributed by atoms with Gasteiger partial charge in [0, 0.05) is 16.3 Å². The highest BCUT2D eigenvalue weighted by molar-refractivity contribution is 6.75. The highest BCUT2D eigenvalue weighted by Crippen LogP contribution is 2.40. The summed E-state index contributed by atoms with van der Waals surface area (Å²) < 4.78 is 7.29. The molecule has 8 aromatic rings. The summed E-state index contributed by atoms with van der Waals surface area (Å²) in [6.45, 7) is 0. The molecule has 7 aromatic carbocycles. The van der Waals surface area contributed by atoms with Crippen LogP contribution in [0.3, 0.4) is 0 Å². The van der Waals surface area contributed by atoms with Crippen LogP contribution >= 0.6 is 0 Å². The Labute approximate surface area is 391 Å². The summed E-state index contributed by atoms with van der Waals surface area (Å²) in [7, 11) is 53.8. The van der Waals surface area contributed by atoms with Gasteiger partial charge in [0.2, 0.25) is 0 Å². The fourth-order valence-corrected chi connectivity index (χ4v) is 11.9. The highest BCUT2D eigenvalue weighted by Gasteiger charge is 2.30. The van der Waals surface area contributed by atoms with E-state index < -0.39 is 0 Å². The van der Waals surface area contributed by atoms with Gasteiger partial charge in [0.15, 0.2) is 0 Å². The van der Waals surface area contributed by atoms with E-state index >= 15 is 0 Å². The number of fused-ring (bicyclic) bond motifs is 5. The van der Waals surface area contributed by atoms with Crippen molar-refractivity contribution in [3.63, 3.8) is 0 Å². The van der Waals surface area contributed by atoms with Gasteiger partial charge in [-0.3, -0.25) is 0 Å². The Hall–Kier alpha value is -3.65. The molecule has 0 aliphatic carbocycles. The van der Waals surface area contributed by atoms with Gasteiger partial charge in [-0.05, 0) is 49.4 Å². The third-order valence-electron chi connectivity index (χ3n) is 17.7. The minimum atomic E-state index is 1.03. The van der Waals surface area contributed by atoms with Crippen LogP contribution in [0.15, 0.2) is 10.5 Å². The van der Waals surface area contributed by atoms with Crippen molar-refractivity contribution in [1.82, 2.24) is 0 Å². The first-order valence-electron chi connectivity index (χ1n) is 23.0. The molecule has 0 atom stereocenters. The van der Waals surface area contributed by atoms with Crippen LogP contribution in [0.1, 0.15) is 0 Å². The fraction of sp³-hybridized carbons (Fsp3) is 0. The summed E-state index contributed by atoms with van der Waals surface area (Å²) in [5, 5.41) is 8.11. The Morgan fingerprint density at radius 1 is 0.210 bits per heavy atom. The second kappa shape index (κ2) is 15.2. The predicted molar refractivity (Wildman–Crippen MR) is 353 cm³/mol. The molecule has 0 fully saturated rings. The molecule has 8 rings (SSSR count). The molecular formula is C38H47B23O. The average molecular weight is 768 g/mol. The molecule has 24 heteroatoms. The van der Waals surface area contributed by atoms with Crippen LogP contribution in [0.25, 0.3) is 76.9 Å². The quantitative estimate of drug-likeness (QED) is 0.129. The zero-order chi connectivity index (χ0) is 45.8. The Kier molecular flexibility index (Phi) is 11.0. The summed E-state index contributed by atoms with van der Waals surface area (Å²) in [5.41, 5.74) is 41.4. The van der Waals surface area contributed by atoms with Crippen molar-refractivity contribution in [2.24, 2.45) is 0 Å². The van der Waals surface area contributed by atoms with E-state index in [0.717, 1.165) is 11.2 Å². The molecule has 0 saturated carbocycles. The lowest BCUT2D eigenvalue weighted by Gasteiger charge is -2.31. The van der Waals surface area contributed by atoms with Crippen molar-refractivity contribution < 1.29 is 4.42 Å². The van der Waals surface area contributed by atoms with E-state index in [1.807, 2.05) is 0 Å². The van der Waals surface area contributed by atoms with Crippen LogP contribution in [-0.2, 0) is 0 Å². The first-order valence-corrected chi connectivity index (χ1v) is 23.0. The lowest BCUT2D eigenvalue weighted by molar-refractivity contribution is 0.673. The molecule has 0 saturated heterocycles. The number of hydrogen-bond donors (Lipinski definition) is 0. The molecule has 0 amide bonds. The molecule has 0 radical (unpaired) electrons. The fourth-order valence-electron chi connectivity index (χ4n) is 11.9. The van der Waals surface area contributed by atoms with E-state index in [2.05, 4.69) is 187 Å². The SMILES string of the molecule is Bc1cc2c(-c3c(B)c(B)c(B)c(B)c3B)c3c(B)c(B)c(B)c(B)c3c(-c3c(B)c(B)c(B)c(-c4c(B)c(B)c(B)c5c4oc4c(B)c(B)c(B)c(B)c45)c3B)c2c(B)c1B. The summed E-state index contributed by atoms with van der Waals surface area (Å²) in [6, 6.07) is 2.54. The molecule has 0 unspecified atom stereocenters. The van der Waals surface area contributed by atoms with Crippen molar-refractivity contribution in [1.29, 1.82) is 0 Å². The maximum absolute atomic E-state index is 7.29. The lowest BCUT2D eigenvalue weighted by Crippen LogP contribution is -2.55. The summed E-state index contributed by atoms with van der Waals surface area (Å²) in [5.74, 6) is 0. The maximum Gasteiger partial charge on any atom is 0.143 e. The molecular weight excluding hydrogens is 721 g/mol. The molecule has 0 aliphatic heterocycles. The molecule has 0 bridgehead atoms. The van der Waals surface area contributed by atoms with Crippen LogP contribution in [-0.4, -0.2) is 180 Å². The number of benzene rings is 7. The molecule has 0 N–H and O–H groups in total. The minimum absolute atomic E-state index is 1.03. The Morgan fingerprint density at radius 3 is 1.02 bits per heavy atom. The molecule has 1 nitrogen and oxygen atoms in total. The van der Waals surface area contributed by atoms with E-state index in [9.17, 15) is 0 Å². The van der Waals surface area contributed by atoms with Crippen molar-refractivity contribution in [2.75, 3.05) is 0 Å². The first kappa shape index (κ1) is 44.9. The zero-order valence-corrected chi connectivity index (χ0v) is 42.5. The summed E-state index contributed by atoms with van der Waals surface area (Å²) in [4.78, 5) is 0. The second-order valence-corrected chi connectivity index (χ2v) is 19.9. The standard InChI is InChI=1S/C38H47B23O/c39-3-1-2-4(9-20(45)31(56)34(59)32(57)21(9)46)7-8(19(44)30(55)29(54)18(7)43)6(5(2)17(42)15(3)40)10-16(41)11(23(48)27(52)22(10)47)12-24(49)28(53)25(50)13-14-26(51)33(58)35(60)36(61)38(14)62-37(12)13/h1H,39-61H2. The molecule has 1 aromatic heterocycles. The van der Waals surface area contributed by atoms with Gasteiger partial charge in [0.05, 0.1) is 0 Å². The van der Waals surface area contributed by atoms with Gasteiger partial charge in [0.25, 0.3) is 0 Å². The minimum Gasteiger partial charge on any atom is -0.456 e. The van der Waals surface area contributed by atoms with Crippen LogP contribution < -0.4 is 126 Å². The normalized spacial score (nSPS) is 11.7. The van der Waals surface area contributed by atoms with Gasteiger partial charge in [-0.15, -0.1) is 43.7 Å². The van der Waals surface area contributed by atoms with Gasteiger partial charge in [0.1, 0.15) is 192 Å². The number of furan rings is 1. The van der Waals surface area contributed by atoms with Gasteiger partial charge < -0.3 is 4.42 Å². The largest absolute Gasteiger partial charge is 0.456 e. The molecule has 1 heterocycles. The lowest BCUT2D eigenvalue weighted by atomic mass is 9.56. The number of rotatable bonds is 3. The predicted octanol–water partition coefficient (Wildman–Crippen LogP) is -29.2. The van der Waals surface area contributed by atoms with Gasteiger partial charge in [-0.25, -0.2) is 0 Å². The third-order valence-corrected chi connectivity index (χ3v) is 17.7. The first-order chi connectivity index (χ1) is 28.9. The van der Waals surface area contributed by atoms with Crippen LogP contribution in [0.2, 0.25) is 0 Å². The summed E-state index contributed by atoms with van der Waals surface area (Å²) in [6.07, 6.45) is 0. The topological polar surface area (TPSA) is 13.1 Å². The van der Waals surface area contributed by atoms with Gasteiger partial charge >= 0.3 is 0 Å². The van der Waals surface area contributed by atoms with E-state index in [4.69, 9.17) is 4.42 Å². The average Bonchev–Trinajstić information content (AvgIpc) is 3.64. The van der Waals surface area contributed by atoms with Crippen molar-refractivity contribution >= 4 is 350 Å². The van der Waals surface area contributed by atoms with Crippen molar-refractivity contribution in [3.05, 3.63) is 6.07 Å². The van der Waals surface area contributed by atoms with E-state index in [0.29, 0.717) is 0 Å².